The van der Waals surface area contributed by atoms with Crippen LogP contribution in [0.15, 0.2) is 4.52 Å². The van der Waals surface area contributed by atoms with Crippen molar-refractivity contribution in [3.05, 3.63) is 10.7 Å². The molecule has 1 aromatic heterocycles. The van der Waals surface area contributed by atoms with E-state index in [1.54, 1.807) is 0 Å². The first kappa shape index (κ1) is 11.8. The van der Waals surface area contributed by atoms with Gasteiger partial charge in [-0.05, 0) is 50.7 Å². The zero-order valence-electron chi connectivity index (χ0n) is 9.78. The van der Waals surface area contributed by atoms with E-state index in [1.807, 2.05) is 6.92 Å². The molecular formula is C11H18N2O2S. The average molecular weight is 242 g/mol. The van der Waals surface area contributed by atoms with E-state index >= 15 is 0 Å². The molecule has 1 fully saturated rings. The zero-order valence-corrected chi connectivity index (χ0v) is 10.6. The van der Waals surface area contributed by atoms with Crippen LogP contribution in [0.2, 0.25) is 0 Å². The first-order valence-corrected chi connectivity index (χ1v) is 6.27. The maximum atomic E-state index is 5.92. The molecule has 0 aliphatic heterocycles. The molecular weight excluding hydrogens is 224 g/mol. The van der Waals surface area contributed by atoms with Crippen molar-refractivity contribution in [1.29, 1.82) is 0 Å². The number of aromatic amines is 1. The lowest BCUT2D eigenvalue weighted by molar-refractivity contribution is -0.0847. The van der Waals surface area contributed by atoms with Crippen LogP contribution in [0.3, 0.4) is 0 Å². The minimum Gasteiger partial charge on any atom is -0.367 e. The predicted molar refractivity (Wildman–Crippen MR) is 62.6 cm³/mol. The van der Waals surface area contributed by atoms with E-state index in [0.717, 1.165) is 37.4 Å². The molecule has 0 bridgehead atoms. The summed E-state index contributed by atoms with van der Waals surface area (Å²) in [6, 6.07) is 0. The molecule has 0 unspecified atom stereocenters. The molecule has 5 heteroatoms. The van der Waals surface area contributed by atoms with Crippen molar-refractivity contribution in [3.8, 4) is 0 Å². The second-order valence-electron chi connectivity index (χ2n) is 4.54. The van der Waals surface area contributed by atoms with Gasteiger partial charge in [-0.1, -0.05) is 6.92 Å². The van der Waals surface area contributed by atoms with E-state index in [9.17, 15) is 0 Å². The van der Waals surface area contributed by atoms with Gasteiger partial charge in [0.25, 0.3) is 0 Å². The number of rotatable bonds is 3. The zero-order chi connectivity index (χ0) is 11.6. The molecule has 0 amide bonds. The lowest BCUT2D eigenvalue weighted by Gasteiger charge is -2.36. The van der Waals surface area contributed by atoms with E-state index in [0.29, 0.717) is 6.61 Å². The topological polar surface area (TPSA) is 51.1 Å². The number of hydrogen-bond acceptors (Lipinski definition) is 4. The molecule has 0 radical (unpaired) electrons. The molecule has 1 aliphatic carbocycles. The fraction of sp³-hybridized carbons (Fsp3) is 0.818. The molecule has 16 heavy (non-hydrogen) atoms. The molecule has 0 atom stereocenters. The maximum absolute atomic E-state index is 5.92. The van der Waals surface area contributed by atoms with E-state index in [1.165, 1.54) is 0 Å². The summed E-state index contributed by atoms with van der Waals surface area (Å²) in [4.78, 5) is 4.47. The molecule has 1 N–H and O–H groups in total. The van der Waals surface area contributed by atoms with Gasteiger partial charge in [0.05, 0.1) is 0 Å². The number of hydrogen-bond donors (Lipinski definition) is 1. The summed E-state index contributed by atoms with van der Waals surface area (Å²) in [5, 5.41) is 2.80. The van der Waals surface area contributed by atoms with Crippen LogP contribution in [0.1, 0.15) is 45.4 Å². The Morgan fingerprint density at radius 2 is 2.25 bits per heavy atom. The Balaban J connectivity index is 2.25. The molecule has 1 aromatic rings. The Morgan fingerprint density at radius 3 is 2.75 bits per heavy atom. The van der Waals surface area contributed by atoms with E-state index in [2.05, 4.69) is 17.1 Å². The van der Waals surface area contributed by atoms with Gasteiger partial charge in [0.15, 0.2) is 5.82 Å². The van der Waals surface area contributed by atoms with Crippen molar-refractivity contribution in [2.24, 2.45) is 5.92 Å². The minimum absolute atomic E-state index is 0.257. The van der Waals surface area contributed by atoms with Crippen molar-refractivity contribution in [2.45, 2.75) is 45.1 Å². The first-order valence-electron chi connectivity index (χ1n) is 5.86. The van der Waals surface area contributed by atoms with Gasteiger partial charge in [-0.2, -0.15) is 4.98 Å². The van der Waals surface area contributed by atoms with E-state index in [-0.39, 0.29) is 10.4 Å². The van der Waals surface area contributed by atoms with Crippen molar-refractivity contribution in [3.63, 3.8) is 0 Å². The number of ether oxygens (including phenoxy) is 1. The minimum atomic E-state index is -0.304. The molecule has 0 saturated heterocycles. The highest BCUT2D eigenvalue weighted by molar-refractivity contribution is 7.71. The third-order valence-electron chi connectivity index (χ3n) is 3.37. The fourth-order valence-electron chi connectivity index (χ4n) is 2.38. The predicted octanol–water partition coefficient (Wildman–Crippen LogP) is 3.17. The largest absolute Gasteiger partial charge is 0.367 e. The van der Waals surface area contributed by atoms with Gasteiger partial charge in [-0.15, -0.1) is 0 Å². The number of nitrogens with one attached hydrogen (secondary N) is 1. The van der Waals surface area contributed by atoms with Gasteiger partial charge < -0.3 is 9.26 Å². The molecule has 0 aromatic carbocycles. The van der Waals surface area contributed by atoms with Crippen LogP contribution < -0.4 is 0 Å². The van der Waals surface area contributed by atoms with E-state index < -0.39 is 0 Å². The summed E-state index contributed by atoms with van der Waals surface area (Å²) >= 11 is 4.89. The summed E-state index contributed by atoms with van der Waals surface area (Å²) in [5.74, 6) is 1.52. The van der Waals surface area contributed by atoms with Crippen LogP contribution in [-0.2, 0) is 10.3 Å². The van der Waals surface area contributed by atoms with Gasteiger partial charge in [-0.3, -0.25) is 0 Å². The van der Waals surface area contributed by atoms with Gasteiger partial charge >= 0.3 is 4.84 Å². The van der Waals surface area contributed by atoms with Crippen LogP contribution in [0, 0.1) is 10.8 Å². The van der Waals surface area contributed by atoms with Gasteiger partial charge in [0.1, 0.15) is 5.60 Å². The van der Waals surface area contributed by atoms with Crippen LogP contribution in [0.25, 0.3) is 0 Å². The Hall–Kier alpha value is -0.680. The Morgan fingerprint density at radius 1 is 1.56 bits per heavy atom. The Labute approximate surface area is 100 Å². The lowest BCUT2D eigenvalue weighted by atomic mass is 9.79. The van der Waals surface area contributed by atoms with Crippen LogP contribution in [0.4, 0.5) is 0 Å². The smallest absolute Gasteiger partial charge is 0.314 e. The molecule has 1 heterocycles. The summed E-state index contributed by atoms with van der Waals surface area (Å²) < 4.78 is 10.9. The molecule has 90 valence electrons. The average Bonchev–Trinajstić information content (AvgIpc) is 2.70. The standard InChI is InChI=1S/C11H18N2O2S/c1-3-14-11(6-4-8(2)5-7-11)9-12-10(16)15-13-9/h8H,3-7H2,1-2H3,(H,12,13,16). The van der Waals surface area contributed by atoms with Crippen molar-refractivity contribution < 1.29 is 9.26 Å². The maximum Gasteiger partial charge on any atom is 0.314 e. The van der Waals surface area contributed by atoms with Gasteiger partial charge in [0.2, 0.25) is 0 Å². The van der Waals surface area contributed by atoms with Gasteiger partial charge in [0, 0.05) is 6.61 Å². The SMILES string of the molecule is CCOC1(c2nc(=S)o[nH]2)CCC(C)CC1. The van der Waals surface area contributed by atoms with Gasteiger partial charge in [-0.25, -0.2) is 5.16 Å². The summed E-state index contributed by atoms with van der Waals surface area (Å²) in [6.07, 6.45) is 4.29. The Bertz CT molecular complexity index is 391. The molecule has 1 saturated carbocycles. The van der Waals surface area contributed by atoms with Crippen LogP contribution in [0.5, 0.6) is 0 Å². The highest BCUT2D eigenvalue weighted by Gasteiger charge is 2.39. The molecule has 2 rings (SSSR count). The summed E-state index contributed by atoms with van der Waals surface area (Å²) in [7, 11) is 0. The van der Waals surface area contributed by atoms with Crippen molar-refractivity contribution >= 4 is 12.2 Å². The third-order valence-corrected chi connectivity index (χ3v) is 3.55. The highest BCUT2D eigenvalue weighted by atomic mass is 32.1. The van der Waals surface area contributed by atoms with Crippen LogP contribution >= 0.6 is 12.2 Å². The third kappa shape index (κ3) is 2.20. The highest BCUT2D eigenvalue weighted by Crippen LogP contribution is 2.40. The second-order valence-corrected chi connectivity index (χ2v) is 4.89. The number of H-pyrrole nitrogens is 1. The lowest BCUT2D eigenvalue weighted by Crippen LogP contribution is -2.35. The number of aromatic nitrogens is 2. The molecule has 4 nitrogen and oxygen atoms in total. The summed E-state index contributed by atoms with van der Waals surface area (Å²) in [5.41, 5.74) is -0.304. The molecule has 0 spiro atoms. The molecule has 1 aliphatic rings. The monoisotopic (exact) mass is 242 g/mol. The van der Waals surface area contributed by atoms with E-state index in [4.69, 9.17) is 21.5 Å². The van der Waals surface area contributed by atoms with Crippen LogP contribution in [-0.4, -0.2) is 16.7 Å². The fourth-order valence-corrected chi connectivity index (χ4v) is 2.51. The number of nitrogens with zero attached hydrogens (tertiary/aromatic N) is 1. The normalized spacial score (nSPS) is 30.5. The van der Waals surface area contributed by atoms with Crippen molar-refractivity contribution in [1.82, 2.24) is 10.1 Å². The summed E-state index contributed by atoms with van der Waals surface area (Å²) in [6.45, 7) is 4.97. The quantitative estimate of drug-likeness (QED) is 0.827. The second kappa shape index (κ2) is 4.67. The Kier molecular flexibility index (Phi) is 3.44. The van der Waals surface area contributed by atoms with Crippen molar-refractivity contribution in [2.75, 3.05) is 6.61 Å². The first-order chi connectivity index (χ1) is 7.66.